The minimum atomic E-state index is -0.240. The van der Waals surface area contributed by atoms with E-state index in [0.717, 1.165) is 27.1 Å². The van der Waals surface area contributed by atoms with Gasteiger partial charge in [0.25, 0.3) is 0 Å². The Morgan fingerprint density at radius 2 is 1.68 bits per heavy atom. The lowest BCUT2D eigenvalue weighted by Crippen LogP contribution is -1.96. The molecule has 0 saturated heterocycles. The fourth-order valence-electron chi connectivity index (χ4n) is 1.82. The van der Waals surface area contributed by atoms with Crippen molar-refractivity contribution in [3.63, 3.8) is 0 Å². The molecule has 0 bridgehead atoms. The summed E-state index contributed by atoms with van der Waals surface area (Å²) in [5.74, 6) is 1.60. The number of alkyl halides is 1. The normalized spacial score (nSPS) is 12.0. The summed E-state index contributed by atoms with van der Waals surface area (Å²) in [4.78, 5) is 0. The van der Waals surface area contributed by atoms with E-state index < -0.39 is 0 Å². The van der Waals surface area contributed by atoms with Crippen molar-refractivity contribution in [1.82, 2.24) is 0 Å². The minimum absolute atomic E-state index is 0.240. The topological polar surface area (TPSA) is 18.5 Å². The lowest BCUT2D eigenvalue weighted by molar-refractivity contribution is 0.414. The van der Waals surface area contributed by atoms with Gasteiger partial charge in [-0.2, -0.15) is 0 Å². The molecule has 0 N–H and O–H groups in total. The maximum Gasteiger partial charge on any atom is 0.120 e. The Bertz CT molecular complexity index is 572. The van der Waals surface area contributed by atoms with Crippen LogP contribution in [0.2, 0.25) is 0 Å². The predicted octanol–water partition coefficient (Wildman–Crippen LogP) is 4.79. The second-order valence-electron chi connectivity index (χ2n) is 4.03. The van der Waals surface area contributed by atoms with Gasteiger partial charge in [-0.05, 0) is 35.4 Å². The molecule has 0 heterocycles. The van der Waals surface area contributed by atoms with E-state index in [0.29, 0.717) is 0 Å². The summed E-state index contributed by atoms with van der Waals surface area (Å²) in [6.07, 6.45) is 0. The van der Waals surface area contributed by atoms with E-state index in [-0.39, 0.29) is 5.38 Å². The van der Waals surface area contributed by atoms with Crippen LogP contribution in [0.3, 0.4) is 0 Å². The van der Waals surface area contributed by atoms with Crippen LogP contribution in [0, 0.1) is 0 Å². The first-order valence-electron chi connectivity index (χ1n) is 5.77. The average Bonchev–Trinajstić information content (AvgIpc) is 2.46. The van der Waals surface area contributed by atoms with Crippen molar-refractivity contribution in [2.75, 3.05) is 14.2 Å². The van der Waals surface area contributed by atoms with Crippen LogP contribution in [0.4, 0.5) is 0 Å². The van der Waals surface area contributed by atoms with E-state index in [1.165, 1.54) is 0 Å². The summed E-state index contributed by atoms with van der Waals surface area (Å²) in [7, 11) is 3.29. The van der Waals surface area contributed by atoms with E-state index in [1.54, 1.807) is 14.2 Å². The van der Waals surface area contributed by atoms with Crippen LogP contribution in [-0.4, -0.2) is 14.2 Å². The van der Waals surface area contributed by atoms with Gasteiger partial charge in [-0.3, -0.25) is 0 Å². The molecule has 0 aromatic heterocycles. The van der Waals surface area contributed by atoms with Crippen molar-refractivity contribution in [2.45, 2.75) is 5.38 Å². The number of rotatable bonds is 4. The smallest absolute Gasteiger partial charge is 0.120 e. The van der Waals surface area contributed by atoms with Crippen molar-refractivity contribution in [3.8, 4) is 11.5 Å². The van der Waals surface area contributed by atoms with Crippen LogP contribution in [0.25, 0.3) is 0 Å². The van der Waals surface area contributed by atoms with Crippen LogP contribution >= 0.6 is 27.5 Å². The Labute approximate surface area is 126 Å². The van der Waals surface area contributed by atoms with Crippen molar-refractivity contribution in [2.24, 2.45) is 0 Å². The zero-order valence-electron chi connectivity index (χ0n) is 10.7. The molecule has 1 unspecified atom stereocenters. The standard InChI is InChI=1S/C15H14BrClO2/c1-18-11-5-3-4-10(8-11)15(17)13-7-6-12(19-2)9-14(13)16/h3-9,15H,1-2H3. The third-order valence-corrected chi connectivity index (χ3v) is 4.04. The molecule has 0 aliphatic rings. The molecule has 4 heteroatoms. The van der Waals surface area contributed by atoms with E-state index >= 15 is 0 Å². The molecular formula is C15H14BrClO2. The van der Waals surface area contributed by atoms with Gasteiger partial charge >= 0.3 is 0 Å². The molecule has 2 aromatic carbocycles. The van der Waals surface area contributed by atoms with E-state index in [1.807, 2.05) is 42.5 Å². The monoisotopic (exact) mass is 340 g/mol. The highest BCUT2D eigenvalue weighted by Gasteiger charge is 2.15. The summed E-state index contributed by atoms with van der Waals surface area (Å²) in [5.41, 5.74) is 1.99. The molecule has 2 aromatic rings. The van der Waals surface area contributed by atoms with Gasteiger partial charge in [-0.15, -0.1) is 11.6 Å². The van der Waals surface area contributed by atoms with Gasteiger partial charge in [-0.1, -0.05) is 34.1 Å². The Morgan fingerprint density at radius 3 is 2.32 bits per heavy atom. The Hall–Kier alpha value is -1.19. The Morgan fingerprint density at radius 1 is 1.00 bits per heavy atom. The summed E-state index contributed by atoms with van der Waals surface area (Å²) in [6, 6.07) is 13.5. The second-order valence-corrected chi connectivity index (χ2v) is 5.32. The van der Waals surface area contributed by atoms with Gasteiger partial charge in [0.1, 0.15) is 11.5 Å². The Balaban J connectivity index is 2.35. The first-order chi connectivity index (χ1) is 9.15. The van der Waals surface area contributed by atoms with Gasteiger partial charge in [0, 0.05) is 4.47 Å². The van der Waals surface area contributed by atoms with Gasteiger partial charge in [-0.25, -0.2) is 0 Å². The average molecular weight is 342 g/mol. The molecule has 1 atom stereocenters. The number of methoxy groups -OCH3 is 2. The predicted molar refractivity (Wildman–Crippen MR) is 81.4 cm³/mol. The van der Waals surface area contributed by atoms with E-state index in [9.17, 15) is 0 Å². The number of hydrogen-bond donors (Lipinski definition) is 0. The zero-order valence-corrected chi connectivity index (χ0v) is 13.0. The van der Waals surface area contributed by atoms with Gasteiger partial charge < -0.3 is 9.47 Å². The van der Waals surface area contributed by atoms with Crippen LogP contribution in [-0.2, 0) is 0 Å². The second kappa shape index (κ2) is 6.31. The summed E-state index contributed by atoms with van der Waals surface area (Å²) in [5, 5.41) is -0.240. The Kier molecular flexibility index (Phi) is 4.72. The third kappa shape index (κ3) is 3.23. The van der Waals surface area contributed by atoms with Gasteiger partial charge in [0.2, 0.25) is 0 Å². The number of hydrogen-bond acceptors (Lipinski definition) is 2. The van der Waals surface area contributed by atoms with Crippen LogP contribution in [0.1, 0.15) is 16.5 Å². The molecule has 0 aliphatic carbocycles. The fraction of sp³-hybridized carbons (Fsp3) is 0.200. The van der Waals surface area contributed by atoms with E-state index in [2.05, 4.69) is 15.9 Å². The molecule has 0 amide bonds. The highest BCUT2D eigenvalue weighted by atomic mass is 79.9. The molecule has 0 spiro atoms. The SMILES string of the molecule is COc1cccc(C(Cl)c2ccc(OC)cc2Br)c1. The largest absolute Gasteiger partial charge is 0.497 e. The van der Waals surface area contributed by atoms with Crippen molar-refractivity contribution in [3.05, 3.63) is 58.1 Å². The molecular weight excluding hydrogens is 328 g/mol. The maximum atomic E-state index is 6.53. The third-order valence-electron chi connectivity index (χ3n) is 2.87. The van der Waals surface area contributed by atoms with Gasteiger partial charge in [0.05, 0.1) is 19.6 Å². The molecule has 0 aliphatic heterocycles. The minimum Gasteiger partial charge on any atom is -0.497 e. The molecule has 2 nitrogen and oxygen atoms in total. The summed E-state index contributed by atoms with van der Waals surface area (Å²) in [6.45, 7) is 0. The fourth-order valence-corrected chi connectivity index (χ4v) is 2.86. The number of halogens is 2. The van der Waals surface area contributed by atoms with Gasteiger partial charge in [0.15, 0.2) is 0 Å². The molecule has 2 rings (SSSR count). The molecule has 0 fully saturated rings. The first kappa shape index (κ1) is 14.2. The van der Waals surface area contributed by atoms with Crippen LogP contribution in [0.5, 0.6) is 11.5 Å². The van der Waals surface area contributed by atoms with E-state index in [4.69, 9.17) is 21.1 Å². The molecule has 19 heavy (non-hydrogen) atoms. The molecule has 0 saturated carbocycles. The summed E-state index contributed by atoms with van der Waals surface area (Å²) >= 11 is 10.1. The van der Waals surface area contributed by atoms with Crippen molar-refractivity contribution < 1.29 is 9.47 Å². The lowest BCUT2D eigenvalue weighted by atomic mass is 10.0. The number of benzene rings is 2. The summed E-state index contributed by atoms with van der Waals surface area (Å²) < 4.78 is 11.3. The van der Waals surface area contributed by atoms with Crippen molar-refractivity contribution in [1.29, 1.82) is 0 Å². The van der Waals surface area contributed by atoms with Crippen molar-refractivity contribution >= 4 is 27.5 Å². The lowest BCUT2D eigenvalue weighted by Gasteiger charge is -2.14. The zero-order chi connectivity index (χ0) is 13.8. The highest BCUT2D eigenvalue weighted by Crippen LogP contribution is 2.36. The highest BCUT2D eigenvalue weighted by molar-refractivity contribution is 9.10. The molecule has 100 valence electrons. The molecule has 0 radical (unpaired) electrons. The first-order valence-corrected chi connectivity index (χ1v) is 7.00. The van der Waals surface area contributed by atoms with Crippen LogP contribution < -0.4 is 9.47 Å². The van der Waals surface area contributed by atoms with Crippen LogP contribution in [0.15, 0.2) is 46.9 Å². The number of ether oxygens (including phenoxy) is 2. The maximum absolute atomic E-state index is 6.53. The quantitative estimate of drug-likeness (QED) is 0.744.